The number of quaternary nitrogens is 1. The summed E-state index contributed by atoms with van der Waals surface area (Å²) in [6.07, 6.45) is 75.6. The maximum atomic E-state index is 13.6. The van der Waals surface area contributed by atoms with Gasteiger partial charge in [-0.15, -0.1) is 0 Å². The van der Waals surface area contributed by atoms with Crippen molar-refractivity contribution in [3.05, 3.63) is 97.2 Å². The largest absolute Gasteiger partial charge is 0.472 e. The molecule has 3 unspecified atom stereocenters. The molecule has 0 bridgehead atoms. The van der Waals surface area contributed by atoms with Gasteiger partial charge in [0.05, 0.1) is 33.8 Å². The second-order valence-electron chi connectivity index (χ2n) is 22.2. The number of likely N-dealkylation sites (N-methyl/N-ethyl adjacent to an activating group) is 1. The first-order valence-electron chi connectivity index (χ1n) is 31.6. The fourth-order valence-corrected chi connectivity index (χ4v) is 9.40. The Hall–Kier alpha value is -3.07. The van der Waals surface area contributed by atoms with E-state index in [0.717, 1.165) is 83.5 Å². The zero-order valence-corrected chi connectivity index (χ0v) is 51.6. The van der Waals surface area contributed by atoms with E-state index in [2.05, 4.69) is 105 Å². The lowest BCUT2D eigenvalue weighted by atomic mass is 10.0. The van der Waals surface area contributed by atoms with Crippen molar-refractivity contribution in [2.45, 2.75) is 277 Å². The first kappa shape index (κ1) is 73.9. The summed E-state index contributed by atoms with van der Waals surface area (Å²) >= 11 is 0. The van der Waals surface area contributed by atoms with Crippen LogP contribution in [0.4, 0.5) is 0 Å². The van der Waals surface area contributed by atoms with Crippen LogP contribution in [-0.4, -0.2) is 74.3 Å². The number of phosphoric ester groups is 1. The Morgan fingerprint density at radius 1 is 0.468 bits per heavy atom. The monoisotopic (exact) mass is 1100 g/mol. The number of ether oxygens (including phenoxy) is 1. The Labute approximate surface area is 475 Å². The quantitative estimate of drug-likeness (QED) is 0.0205. The van der Waals surface area contributed by atoms with Crippen LogP contribution in [0.15, 0.2) is 97.2 Å². The van der Waals surface area contributed by atoms with E-state index in [4.69, 9.17) is 13.8 Å². The van der Waals surface area contributed by atoms with Crippen molar-refractivity contribution in [2.24, 2.45) is 0 Å². The summed E-state index contributed by atoms with van der Waals surface area (Å²) in [6, 6.07) is -0.885. The minimum Gasteiger partial charge on any atom is -0.456 e. The molecule has 0 rings (SSSR count). The van der Waals surface area contributed by atoms with Gasteiger partial charge in [-0.1, -0.05) is 253 Å². The number of amides is 1. The Morgan fingerprint density at radius 2 is 0.844 bits per heavy atom. The molecule has 0 aromatic heterocycles. The summed E-state index contributed by atoms with van der Waals surface area (Å²) < 4.78 is 30.6. The first-order chi connectivity index (χ1) is 37.4. The van der Waals surface area contributed by atoms with Gasteiger partial charge in [-0.05, 0) is 96.0 Å². The fraction of sp³-hybridized carbons (Fsp3) is 0.731. The first-order valence-corrected chi connectivity index (χ1v) is 33.1. The highest BCUT2D eigenvalue weighted by atomic mass is 31.2. The number of nitrogens with one attached hydrogen (secondary N) is 1. The van der Waals surface area contributed by atoms with Crippen LogP contribution in [-0.2, 0) is 27.9 Å². The van der Waals surface area contributed by atoms with Crippen LogP contribution in [0.5, 0.6) is 0 Å². The molecular weight excluding hydrogens is 976 g/mol. The van der Waals surface area contributed by atoms with E-state index < -0.39 is 25.9 Å². The van der Waals surface area contributed by atoms with Gasteiger partial charge < -0.3 is 19.4 Å². The van der Waals surface area contributed by atoms with Crippen LogP contribution in [0, 0.1) is 0 Å². The van der Waals surface area contributed by atoms with Gasteiger partial charge in [-0.2, -0.15) is 0 Å². The maximum Gasteiger partial charge on any atom is 0.472 e. The minimum absolute atomic E-state index is 0.0250. The summed E-state index contributed by atoms with van der Waals surface area (Å²) in [5.41, 5.74) is 0. The molecule has 444 valence electrons. The average Bonchev–Trinajstić information content (AvgIpc) is 3.39. The highest BCUT2D eigenvalue weighted by Gasteiger charge is 2.30. The number of carbonyl (C=O) groups excluding carboxylic acids is 2. The summed E-state index contributed by atoms with van der Waals surface area (Å²) in [5, 5.41) is 3.04. The van der Waals surface area contributed by atoms with Crippen molar-refractivity contribution in [3.63, 3.8) is 0 Å². The Morgan fingerprint density at radius 3 is 1.27 bits per heavy atom. The van der Waals surface area contributed by atoms with Gasteiger partial charge in [0.25, 0.3) is 0 Å². The van der Waals surface area contributed by atoms with E-state index >= 15 is 0 Å². The molecule has 0 aliphatic carbocycles. The molecule has 0 aliphatic rings. The van der Waals surface area contributed by atoms with Gasteiger partial charge in [-0.3, -0.25) is 18.6 Å². The van der Waals surface area contributed by atoms with Crippen molar-refractivity contribution in [1.82, 2.24) is 5.32 Å². The van der Waals surface area contributed by atoms with Gasteiger partial charge in [0.2, 0.25) is 5.91 Å². The standard InChI is InChI=1S/C67H119N2O7P/c1-7-10-13-16-19-22-25-28-30-32-34-36-38-41-44-47-50-53-56-59-66(70)68-64(63-75-77(72,73)74-62-61-69(4,5)6)65(58-55-52-49-46-43-40-27-24-21-18-15-12-9-3)76-67(71)60-57-54-51-48-45-42-39-37-35-33-31-29-26-23-20-17-14-11-8-2/h11,14,20,23,28-31,35,37,42,45,51,54-55,58,64-65H,7-10,12-13,15-19,21-22,24-27,32-34,36,38-41,43-44,46-50,52-53,56-57,59-63H2,1-6H3,(H-,68,70,72,73)/p+1/b14-11-,23-20-,30-28+,31-29-,37-35-,45-42-,54-51-,58-55+. The predicted octanol–water partition coefficient (Wildman–Crippen LogP) is 19.6. The van der Waals surface area contributed by atoms with Gasteiger partial charge >= 0.3 is 13.8 Å². The van der Waals surface area contributed by atoms with E-state index in [9.17, 15) is 19.0 Å². The molecule has 0 saturated carbocycles. The number of rotatable bonds is 56. The van der Waals surface area contributed by atoms with Crippen molar-refractivity contribution < 1.29 is 37.3 Å². The highest BCUT2D eigenvalue weighted by Crippen LogP contribution is 2.43. The van der Waals surface area contributed by atoms with E-state index in [-0.39, 0.29) is 25.5 Å². The highest BCUT2D eigenvalue weighted by molar-refractivity contribution is 7.47. The van der Waals surface area contributed by atoms with Crippen LogP contribution >= 0.6 is 7.82 Å². The van der Waals surface area contributed by atoms with Gasteiger partial charge in [0.15, 0.2) is 0 Å². The molecule has 3 atom stereocenters. The molecular formula is C67H120N2O7P+. The van der Waals surface area contributed by atoms with E-state index in [1.165, 1.54) is 141 Å². The van der Waals surface area contributed by atoms with Crippen molar-refractivity contribution in [2.75, 3.05) is 40.9 Å². The summed E-state index contributed by atoms with van der Waals surface area (Å²) in [5.74, 6) is -0.605. The lowest BCUT2D eigenvalue weighted by molar-refractivity contribution is -0.870. The SMILES string of the molecule is CC/C=C\C/C=C\C/C=C\C/C=C\C/C=C\C/C=C\CCC(=O)OC(/C=C/CCCCCCCCCCCCC)C(COP(=O)(O)OCC[N+](C)(C)C)NC(=O)CCCCCCCCCCC/C=C/CCCCCCCC. The number of phosphoric acid groups is 1. The molecule has 0 aromatic rings. The number of unbranched alkanes of at least 4 members (excludes halogenated alkanes) is 26. The lowest BCUT2D eigenvalue weighted by Gasteiger charge is -2.27. The molecule has 2 N–H and O–H groups in total. The normalized spacial score (nSPS) is 14.3. The molecule has 77 heavy (non-hydrogen) atoms. The van der Waals surface area contributed by atoms with Crippen LogP contribution in [0.3, 0.4) is 0 Å². The van der Waals surface area contributed by atoms with Crippen LogP contribution in [0.25, 0.3) is 0 Å². The predicted molar refractivity (Wildman–Crippen MR) is 332 cm³/mol. The number of hydrogen-bond acceptors (Lipinski definition) is 6. The van der Waals surface area contributed by atoms with Crippen LogP contribution < -0.4 is 5.32 Å². The summed E-state index contributed by atoms with van der Waals surface area (Å²) in [6.45, 7) is 6.85. The molecule has 0 radical (unpaired) electrons. The number of hydrogen-bond donors (Lipinski definition) is 2. The molecule has 0 aliphatic heterocycles. The third kappa shape index (κ3) is 57.4. The van der Waals surface area contributed by atoms with E-state index in [1.54, 1.807) is 0 Å². The van der Waals surface area contributed by atoms with Crippen LogP contribution in [0.1, 0.15) is 265 Å². The summed E-state index contributed by atoms with van der Waals surface area (Å²) in [7, 11) is 1.45. The van der Waals surface area contributed by atoms with Crippen LogP contribution in [0.2, 0.25) is 0 Å². The number of allylic oxidation sites excluding steroid dienone is 15. The molecule has 0 spiro atoms. The molecule has 0 saturated heterocycles. The molecule has 1 amide bonds. The van der Waals surface area contributed by atoms with E-state index in [1.807, 2.05) is 39.4 Å². The molecule has 9 nitrogen and oxygen atoms in total. The maximum absolute atomic E-state index is 13.6. The second kappa shape index (κ2) is 56.2. The zero-order chi connectivity index (χ0) is 56.4. The number of nitrogens with zero attached hydrogens (tertiary/aromatic N) is 1. The molecule has 0 aromatic carbocycles. The number of carbonyl (C=O) groups is 2. The Bertz CT molecular complexity index is 1640. The second-order valence-corrected chi connectivity index (χ2v) is 23.6. The van der Waals surface area contributed by atoms with Gasteiger partial charge in [0, 0.05) is 12.8 Å². The van der Waals surface area contributed by atoms with Crippen molar-refractivity contribution >= 4 is 19.7 Å². The zero-order valence-electron chi connectivity index (χ0n) is 50.7. The third-order valence-corrected chi connectivity index (χ3v) is 14.5. The summed E-state index contributed by atoms with van der Waals surface area (Å²) in [4.78, 5) is 37.7. The minimum atomic E-state index is -4.47. The van der Waals surface area contributed by atoms with Crippen molar-refractivity contribution in [3.8, 4) is 0 Å². The Balaban J connectivity index is 5.39. The average molecular weight is 1100 g/mol. The molecule has 0 fully saturated rings. The molecule has 10 heteroatoms. The fourth-order valence-electron chi connectivity index (χ4n) is 8.67. The Kier molecular flexibility index (Phi) is 54.0. The van der Waals surface area contributed by atoms with Gasteiger partial charge in [0.1, 0.15) is 19.3 Å². The van der Waals surface area contributed by atoms with Gasteiger partial charge in [-0.25, -0.2) is 4.57 Å². The van der Waals surface area contributed by atoms with E-state index in [0.29, 0.717) is 23.9 Å². The van der Waals surface area contributed by atoms with Crippen molar-refractivity contribution in [1.29, 1.82) is 0 Å². The molecule has 0 heterocycles. The number of esters is 1. The third-order valence-electron chi connectivity index (χ3n) is 13.5. The topological polar surface area (TPSA) is 111 Å². The smallest absolute Gasteiger partial charge is 0.456 e. The lowest BCUT2D eigenvalue weighted by Crippen LogP contribution is -2.47.